The highest BCUT2D eigenvalue weighted by Crippen LogP contribution is 2.09. The highest BCUT2D eigenvalue weighted by atomic mass is 35.5. The molecule has 1 aromatic rings. The fraction of sp³-hybridized carbons (Fsp3) is 0.385. The molecule has 0 N–H and O–H groups in total. The van der Waals surface area contributed by atoms with Crippen molar-refractivity contribution in [2.75, 3.05) is 6.54 Å². The SMILES string of the molecule is CC(C=O)CCN(Cc1ccccc1)C(=O)Cl. The number of amides is 1. The molecule has 17 heavy (non-hydrogen) atoms. The van der Waals surface area contributed by atoms with Gasteiger partial charge >= 0.3 is 5.37 Å². The first-order chi connectivity index (χ1) is 8.13. The van der Waals surface area contributed by atoms with E-state index in [1.54, 1.807) is 0 Å². The second kappa shape index (κ2) is 7.07. The smallest absolute Gasteiger partial charge is 0.316 e. The molecule has 1 amide bonds. The van der Waals surface area contributed by atoms with Gasteiger partial charge in [0.05, 0.1) is 0 Å². The molecule has 1 atom stereocenters. The van der Waals surface area contributed by atoms with Gasteiger partial charge in [0.1, 0.15) is 6.29 Å². The molecular weight excluding hydrogens is 238 g/mol. The zero-order valence-corrected chi connectivity index (χ0v) is 10.6. The van der Waals surface area contributed by atoms with Crippen LogP contribution < -0.4 is 0 Å². The Morgan fingerprint density at radius 2 is 2.06 bits per heavy atom. The molecule has 0 radical (unpaired) electrons. The standard InChI is InChI=1S/C13H16ClNO2/c1-11(10-16)7-8-15(13(14)17)9-12-5-3-2-4-6-12/h2-6,10-11H,7-9H2,1H3. The minimum atomic E-state index is -0.480. The lowest BCUT2D eigenvalue weighted by molar-refractivity contribution is -0.110. The predicted molar refractivity (Wildman–Crippen MR) is 67.9 cm³/mol. The number of benzene rings is 1. The Labute approximate surface area is 106 Å². The summed E-state index contributed by atoms with van der Waals surface area (Å²) in [6.45, 7) is 2.80. The molecule has 0 aliphatic heterocycles. The summed E-state index contributed by atoms with van der Waals surface area (Å²) in [6, 6.07) is 9.64. The summed E-state index contributed by atoms with van der Waals surface area (Å²) in [7, 11) is 0. The highest BCUT2D eigenvalue weighted by Gasteiger charge is 2.12. The van der Waals surface area contributed by atoms with Crippen LogP contribution in [0.5, 0.6) is 0 Å². The van der Waals surface area contributed by atoms with Crippen LogP contribution in [0.4, 0.5) is 4.79 Å². The number of halogens is 1. The number of carbonyl (C=O) groups excluding carboxylic acids is 2. The molecule has 1 unspecified atom stereocenters. The Bertz CT molecular complexity index is 367. The summed E-state index contributed by atoms with van der Waals surface area (Å²) < 4.78 is 0. The van der Waals surface area contributed by atoms with E-state index in [-0.39, 0.29) is 5.92 Å². The molecule has 4 heteroatoms. The summed E-state index contributed by atoms with van der Waals surface area (Å²) in [6.07, 6.45) is 1.52. The molecule has 0 aromatic heterocycles. The maximum atomic E-state index is 11.3. The molecule has 0 fully saturated rings. The molecule has 92 valence electrons. The zero-order valence-electron chi connectivity index (χ0n) is 9.80. The van der Waals surface area contributed by atoms with Crippen molar-refractivity contribution in [2.24, 2.45) is 5.92 Å². The van der Waals surface area contributed by atoms with Crippen molar-refractivity contribution in [3.05, 3.63) is 35.9 Å². The summed E-state index contributed by atoms with van der Waals surface area (Å²) in [5.74, 6) is -0.0516. The first-order valence-corrected chi connectivity index (χ1v) is 5.95. The van der Waals surface area contributed by atoms with E-state index >= 15 is 0 Å². The average Bonchev–Trinajstić information content (AvgIpc) is 2.34. The van der Waals surface area contributed by atoms with Gasteiger partial charge in [0, 0.05) is 19.0 Å². The van der Waals surface area contributed by atoms with Crippen LogP contribution in [0.3, 0.4) is 0 Å². The molecule has 0 heterocycles. The third-order valence-corrected chi connectivity index (χ3v) is 2.79. The molecule has 0 saturated carbocycles. The van der Waals surface area contributed by atoms with E-state index in [0.717, 1.165) is 11.8 Å². The second-order valence-corrected chi connectivity index (χ2v) is 4.39. The van der Waals surface area contributed by atoms with Gasteiger partial charge < -0.3 is 9.69 Å². The number of nitrogens with zero attached hydrogens (tertiary/aromatic N) is 1. The summed E-state index contributed by atoms with van der Waals surface area (Å²) in [5, 5.41) is -0.480. The van der Waals surface area contributed by atoms with Gasteiger partial charge in [-0.25, -0.2) is 0 Å². The molecule has 0 aliphatic rings. The number of hydrogen-bond acceptors (Lipinski definition) is 2. The summed E-state index contributed by atoms with van der Waals surface area (Å²) in [4.78, 5) is 23.3. The lowest BCUT2D eigenvalue weighted by atomic mass is 10.1. The van der Waals surface area contributed by atoms with Crippen LogP contribution in [0.15, 0.2) is 30.3 Å². The van der Waals surface area contributed by atoms with E-state index in [9.17, 15) is 9.59 Å². The fourth-order valence-corrected chi connectivity index (χ4v) is 1.60. The molecule has 1 rings (SSSR count). The molecule has 3 nitrogen and oxygen atoms in total. The lowest BCUT2D eigenvalue weighted by Crippen LogP contribution is -2.28. The van der Waals surface area contributed by atoms with E-state index in [1.165, 1.54) is 4.90 Å². The van der Waals surface area contributed by atoms with Crippen molar-refractivity contribution in [3.8, 4) is 0 Å². The molecule has 0 spiro atoms. The largest absolute Gasteiger partial charge is 0.325 e. The van der Waals surface area contributed by atoms with Crippen molar-refractivity contribution in [1.82, 2.24) is 4.90 Å². The quantitative estimate of drug-likeness (QED) is 0.444. The summed E-state index contributed by atoms with van der Waals surface area (Å²) in [5.41, 5.74) is 1.03. The van der Waals surface area contributed by atoms with Crippen molar-refractivity contribution >= 4 is 23.3 Å². The maximum absolute atomic E-state index is 11.3. The van der Waals surface area contributed by atoms with Crippen LogP contribution in [-0.4, -0.2) is 23.1 Å². The van der Waals surface area contributed by atoms with E-state index in [2.05, 4.69) is 0 Å². The van der Waals surface area contributed by atoms with Crippen LogP contribution in [-0.2, 0) is 11.3 Å². The molecule has 1 aromatic carbocycles. The van der Waals surface area contributed by atoms with Gasteiger partial charge in [-0.1, -0.05) is 37.3 Å². The first-order valence-electron chi connectivity index (χ1n) is 5.57. The maximum Gasteiger partial charge on any atom is 0.316 e. The van der Waals surface area contributed by atoms with Crippen molar-refractivity contribution in [1.29, 1.82) is 0 Å². The van der Waals surface area contributed by atoms with E-state index in [0.29, 0.717) is 19.5 Å². The van der Waals surface area contributed by atoms with Crippen LogP contribution in [0.25, 0.3) is 0 Å². The zero-order chi connectivity index (χ0) is 12.7. The average molecular weight is 254 g/mol. The van der Waals surface area contributed by atoms with Gasteiger partial charge in [0.2, 0.25) is 0 Å². The Morgan fingerprint density at radius 3 is 2.59 bits per heavy atom. The van der Waals surface area contributed by atoms with Gasteiger partial charge in [-0.3, -0.25) is 4.79 Å². The third kappa shape index (κ3) is 5.00. The minimum absolute atomic E-state index is 0.0516. The number of aldehydes is 1. The molecular formula is C13H16ClNO2. The fourth-order valence-electron chi connectivity index (χ4n) is 1.46. The first kappa shape index (κ1) is 13.7. The normalized spacial score (nSPS) is 11.9. The van der Waals surface area contributed by atoms with Crippen molar-refractivity contribution in [2.45, 2.75) is 19.9 Å². The monoisotopic (exact) mass is 253 g/mol. The van der Waals surface area contributed by atoms with E-state index < -0.39 is 5.37 Å². The lowest BCUT2D eigenvalue weighted by Gasteiger charge is -2.20. The Kier molecular flexibility index (Phi) is 5.70. The Morgan fingerprint density at radius 1 is 1.41 bits per heavy atom. The molecule has 0 aliphatic carbocycles. The number of carbonyl (C=O) groups is 2. The van der Waals surface area contributed by atoms with E-state index in [1.807, 2.05) is 37.3 Å². The van der Waals surface area contributed by atoms with Crippen molar-refractivity contribution < 1.29 is 9.59 Å². The van der Waals surface area contributed by atoms with Gasteiger partial charge in [-0.2, -0.15) is 0 Å². The van der Waals surface area contributed by atoms with Gasteiger partial charge in [-0.15, -0.1) is 0 Å². The predicted octanol–water partition coefficient (Wildman–Crippen LogP) is 3.07. The van der Waals surface area contributed by atoms with Crippen LogP contribution in [0.2, 0.25) is 0 Å². The van der Waals surface area contributed by atoms with Crippen molar-refractivity contribution in [3.63, 3.8) is 0 Å². The number of rotatable bonds is 6. The van der Waals surface area contributed by atoms with Gasteiger partial charge in [-0.05, 0) is 23.6 Å². The van der Waals surface area contributed by atoms with Crippen LogP contribution in [0, 0.1) is 5.92 Å². The van der Waals surface area contributed by atoms with Gasteiger partial charge in [0.25, 0.3) is 0 Å². The van der Waals surface area contributed by atoms with Crippen LogP contribution >= 0.6 is 11.6 Å². The second-order valence-electron chi connectivity index (χ2n) is 4.06. The molecule has 0 saturated heterocycles. The Hall–Kier alpha value is -1.35. The number of hydrogen-bond donors (Lipinski definition) is 0. The Balaban J connectivity index is 2.55. The van der Waals surface area contributed by atoms with Gasteiger partial charge in [0.15, 0.2) is 0 Å². The minimum Gasteiger partial charge on any atom is -0.325 e. The summed E-state index contributed by atoms with van der Waals surface area (Å²) >= 11 is 5.52. The molecule has 0 bridgehead atoms. The third-order valence-electron chi connectivity index (χ3n) is 2.55. The van der Waals surface area contributed by atoms with Crippen LogP contribution in [0.1, 0.15) is 18.9 Å². The topological polar surface area (TPSA) is 37.4 Å². The highest BCUT2D eigenvalue weighted by molar-refractivity contribution is 6.62. The van der Waals surface area contributed by atoms with E-state index in [4.69, 9.17) is 11.6 Å².